The van der Waals surface area contributed by atoms with E-state index in [-0.39, 0.29) is 22.2 Å². The van der Waals surface area contributed by atoms with Crippen LogP contribution in [0.4, 0.5) is 5.69 Å². The summed E-state index contributed by atoms with van der Waals surface area (Å²) < 4.78 is 10.2. The van der Waals surface area contributed by atoms with E-state index in [9.17, 15) is 14.7 Å². The molecular weight excluding hydrogens is 368 g/mol. The number of phenols is 1. The van der Waals surface area contributed by atoms with Crippen molar-refractivity contribution in [3.05, 3.63) is 53.6 Å². The molecule has 1 fully saturated rings. The number of anilines is 1. The Bertz CT molecular complexity index is 953. The average molecular weight is 384 g/mol. The fraction of sp³-hybridized carbons (Fsp3) is 0.105. The number of ether oxygens (including phenoxy) is 2. The van der Waals surface area contributed by atoms with Gasteiger partial charge in [0.05, 0.1) is 19.9 Å². The maximum Gasteiger partial charge on any atom is 0.270 e. The second-order valence-electron chi connectivity index (χ2n) is 5.59. The van der Waals surface area contributed by atoms with Gasteiger partial charge in [-0.25, -0.2) is 0 Å². The van der Waals surface area contributed by atoms with Gasteiger partial charge in [0.15, 0.2) is 16.6 Å². The molecule has 0 atom stereocenters. The summed E-state index contributed by atoms with van der Waals surface area (Å²) in [6, 6.07) is 11.2. The van der Waals surface area contributed by atoms with Crippen LogP contribution in [-0.2, 0) is 9.59 Å². The summed E-state index contributed by atoms with van der Waals surface area (Å²) in [7, 11) is 2.95. The van der Waals surface area contributed by atoms with Gasteiger partial charge in [-0.15, -0.1) is 0 Å². The van der Waals surface area contributed by atoms with E-state index < -0.39 is 11.8 Å². The second kappa shape index (κ2) is 7.46. The summed E-state index contributed by atoms with van der Waals surface area (Å²) in [6.45, 7) is 0. The van der Waals surface area contributed by atoms with Crippen LogP contribution < -0.4 is 19.7 Å². The smallest absolute Gasteiger partial charge is 0.270 e. The van der Waals surface area contributed by atoms with Crippen LogP contribution in [0.2, 0.25) is 0 Å². The lowest BCUT2D eigenvalue weighted by Crippen LogP contribution is -2.54. The number of aromatic hydroxyl groups is 1. The molecular formula is C19H16N2O5S. The molecule has 7 nitrogen and oxygen atoms in total. The Balaban J connectivity index is 1.99. The van der Waals surface area contributed by atoms with Crippen molar-refractivity contribution in [2.24, 2.45) is 0 Å². The van der Waals surface area contributed by atoms with E-state index in [2.05, 4.69) is 5.32 Å². The van der Waals surface area contributed by atoms with E-state index >= 15 is 0 Å². The molecule has 1 heterocycles. The molecule has 27 heavy (non-hydrogen) atoms. The highest BCUT2D eigenvalue weighted by molar-refractivity contribution is 7.80. The van der Waals surface area contributed by atoms with Gasteiger partial charge >= 0.3 is 0 Å². The third kappa shape index (κ3) is 3.61. The van der Waals surface area contributed by atoms with Gasteiger partial charge in [0, 0.05) is 0 Å². The van der Waals surface area contributed by atoms with Crippen molar-refractivity contribution in [3.8, 4) is 17.2 Å². The molecule has 0 radical (unpaired) electrons. The van der Waals surface area contributed by atoms with Gasteiger partial charge in [-0.1, -0.05) is 6.07 Å². The molecule has 0 spiro atoms. The van der Waals surface area contributed by atoms with Gasteiger partial charge in [0.2, 0.25) is 0 Å². The van der Waals surface area contributed by atoms with Crippen molar-refractivity contribution in [2.75, 3.05) is 19.1 Å². The lowest BCUT2D eigenvalue weighted by atomic mass is 10.1. The molecule has 2 N–H and O–H groups in total. The van der Waals surface area contributed by atoms with Crippen molar-refractivity contribution in [1.29, 1.82) is 0 Å². The van der Waals surface area contributed by atoms with Crippen LogP contribution in [-0.4, -0.2) is 36.3 Å². The number of carbonyl (C=O) groups excluding carboxylic acids is 2. The van der Waals surface area contributed by atoms with Gasteiger partial charge in [-0.05, 0) is 60.3 Å². The first-order chi connectivity index (χ1) is 12.9. The maximum absolute atomic E-state index is 12.9. The molecule has 1 aliphatic heterocycles. The fourth-order valence-corrected chi connectivity index (χ4v) is 2.85. The number of amides is 2. The standard InChI is InChI=1S/C19H16N2O5S/c1-25-13-6-4-12(5-7-13)21-18(24)14(17(23)20-19(21)27)9-11-3-8-15(22)16(10-11)26-2/h3-10,22H,1-2H3,(H,20,23,27)/b14-9+. The highest BCUT2D eigenvalue weighted by atomic mass is 32.1. The zero-order valence-corrected chi connectivity index (χ0v) is 15.4. The lowest BCUT2D eigenvalue weighted by molar-refractivity contribution is -0.122. The minimum Gasteiger partial charge on any atom is -0.504 e. The molecule has 0 bridgehead atoms. The number of nitrogens with one attached hydrogen (secondary N) is 1. The molecule has 0 aliphatic carbocycles. The minimum absolute atomic E-state index is 0.00407. The zero-order valence-electron chi connectivity index (χ0n) is 14.6. The van der Waals surface area contributed by atoms with E-state index in [1.54, 1.807) is 37.4 Å². The molecule has 1 aliphatic rings. The lowest BCUT2D eigenvalue weighted by Gasteiger charge is -2.29. The van der Waals surface area contributed by atoms with Crippen LogP contribution in [0.3, 0.4) is 0 Å². The number of methoxy groups -OCH3 is 2. The number of nitrogens with zero attached hydrogens (tertiary/aromatic N) is 1. The highest BCUT2D eigenvalue weighted by Crippen LogP contribution is 2.28. The first kappa shape index (κ1) is 18.4. The summed E-state index contributed by atoms with van der Waals surface area (Å²) in [5, 5.41) is 12.2. The Hall–Kier alpha value is -3.39. The fourth-order valence-electron chi connectivity index (χ4n) is 2.57. The molecule has 2 amide bonds. The molecule has 0 aromatic heterocycles. The molecule has 2 aromatic rings. The first-order valence-electron chi connectivity index (χ1n) is 7.87. The minimum atomic E-state index is -0.596. The molecule has 8 heteroatoms. The Kier molecular flexibility index (Phi) is 5.09. The summed E-state index contributed by atoms with van der Waals surface area (Å²) in [4.78, 5) is 26.5. The van der Waals surface area contributed by atoms with Gasteiger partial charge in [0.25, 0.3) is 11.8 Å². The highest BCUT2D eigenvalue weighted by Gasteiger charge is 2.34. The summed E-state index contributed by atoms with van der Waals surface area (Å²) in [5.41, 5.74) is 0.929. The number of hydrogen-bond acceptors (Lipinski definition) is 6. The van der Waals surface area contributed by atoms with Crippen LogP contribution in [0, 0.1) is 0 Å². The topological polar surface area (TPSA) is 88.1 Å². The van der Waals surface area contributed by atoms with Crippen molar-refractivity contribution in [3.63, 3.8) is 0 Å². The summed E-state index contributed by atoms with van der Waals surface area (Å²) in [6.07, 6.45) is 1.41. The zero-order chi connectivity index (χ0) is 19.6. The molecule has 2 aromatic carbocycles. The Morgan fingerprint density at radius 2 is 1.78 bits per heavy atom. The normalized spacial score (nSPS) is 15.7. The van der Waals surface area contributed by atoms with E-state index in [0.717, 1.165) is 0 Å². The Morgan fingerprint density at radius 3 is 2.41 bits per heavy atom. The number of phenolic OH excluding ortho intramolecular Hbond substituents is 1. The number of thiocarbonyl (C=S) groups is 1. The molecule has 1 saturated heterocycles. The number of rotatable bonds is 4. The van der Waals surface area contributed by atoms with E-state index in [1.807, 2.05) is 0 Å². The maximum atomic E-state index is 12.9. The van der Waals surface area contributed by atoms with E-state index in [4.69, 9.17) is 21.7 Å². The van der Waals surface area contributed by atoms with Crippen LogP contribution in [0.15, 0.2) is 48.0 Å². The summed E-state index contributed by atoms with van der Waals surface area (Å²) in [5.74, 6) is -0.330. The molecule has 0 saturated carbocycles. The largest absolute Gasteiger partial charge is 0.504 e. The van der Waals surface area contributed by atoms with E-state index in [0.29, 0.717) is 17.0 Å². The van der Waals surface area contributed by atoms with E-state index in [1.165, 1.54) is 30.2 Å². The SMILES string of the molecule is COc1ccc(N2C(=O)/C(=C/c3ccc(O)c(OC)c3)C(=O)NC2=S)cc1. The quantitative estimate of drug-likeness (QED) is 0.478. The third-order valence-corrected chi connectivity index (χ3v) is 4.23. The number of hydrogen-bond donors (Lipinski definition) is 2. The van der Waals surface area contributed by atoms with Gasteiger partial charge in [-0.3, -0.25) is 19.8 Å². The second-order valence-corrected chi connectivity index (χ2v) is 5.97. The van der Waals surface area contributed by atoms with Crippen molar-refractivity contribution in [1.82, 2.24) is 5.32 Å². The average Bonchev–Trinajstić information content (AvgIpc) is 2.66. The predicted octanol–water partition coefficient (Wildman–Crippen LogP) is 2.24. The van der Waals surface area contributed by atoms with Crippen LogP contribution >= 0.6 is 12.2 Å². The van der Waals surface area contributed by atoms with Gasteiger partial charge < -0.3 is 14.6 Å². The van der Waals surface area contributed by atoms with Crippen LogP contribution in [0.1, 0.15) is 5.56 Å². The summed E-state index contributed by atoms with van der Waals surface area (Å²) >= 11 is 5.16. The number of benzene rings is 2. The van der Waals surface area contributed by atoms with Crippen molar-refractivity contribution >= 4 is 40.9 Å². The van der Waals surface area contributed by atoms with Crippen LogP contribution in [0.5, 0.6) is 17.2 Å². The van der Waals surface area contributed by atoms with Crippen molar-refractivity contribution in [2.45, 2.75) is 0 Å². The van der Waals surface area contributed by atoms with Crippen LogP contribution in [0.25, 0.3) is 6.08 Å². The van der Waals surface area contributed by atoms with Gasteiger partial charge in [0.1, 0.15) is 11.3 Å². The predicted molar refractivity (Wildman–Crippen MR) is 104 cm³/mol. The Morgan fingerprint density at radius 1 is 1.07 bits per heavy atom. The molecule has 3 rings (SSSR count). The molecule has 0 unspecified atom stereocenters. The first-order valence-corrected chi connectivity index (χ1v) is 8.28. The van der Waals surface area contributed by atoms with Crippen molar-refractivity contribution < 1.29 is 24.2 Å². The Labute approximate surface area is 160 Å². The van der Waals surface area contributed by atoms with Gasteiger partial charge in [-0.2, -0.15) is 0 Å². The monoisotopic (exact) mass is 384 g/mol. The number of carbonyl (C=O) groups is 2. The molecule has 138 valence electrons. The third-order valence-electron chi connectivity index (χ3n) is 3.95.